The highest BCUT2D eigenvalue weighted by Gasteiger charge is 2.03. The summed E-state index contributed by atoms with van der Waals surface area (Å²) in [4.78, 5) is 4.44. The van der Waals surface area contributed by atoms with E-state index >= 15 is 0 Å². The van der Waals surface area contributed by atoms with Gasteiger partial charge in [0, 0.05) is 17.1 Å². The average molecular weight is 230 g/mol. The van der Waals surface area contributed by atoms with Crippen LogP contribution in [0, 0.1) is 5.92 Å². The molecule has 1 aromatic carbocycles. The van der Waals surface area contributed by atoms with Gasteiger partial charge in [0.1, 0.15) is 0 Å². The summed E-state index contributed by atoms with van der Waals surface area (Å²) in [5, 5.41) is 1.04. The number of nitrogen functional groups attached to an aromatic ring is 1. The molecule has 0 saturated carbocycles. The maximum atomic E-state index is 5.72. The molecule has 0 aliphatic rings. The lowest BCUT2D eigenvalue weighted by molar-refractivity contribution is 0.248. The second-order valence-corrected chi connectivity index (χ2v) is 4.43. The number of aromatic nitrogens is 1. The van der Waals surface area contributed by atoms with Crippen LogP contribution in [0.5, 0.6) is 5.88 Å². The summed E-state index contributed by atoms with van der Waals surface area (Å²) in [6.07, 6.45) is 1.12. The Balaban J connectivity index is 2.17. The SMILES string of the molecule is CCC(C)COc1ccc2cc(N)ccc2n1. The van der Waals surface area contributed by atoms with Crippen molar-refractivity contribution < 1.29 is 4.74 Å². The Labute approximate surface area is 102 Å². The van der Waals surface area contributed by atoms with Gasteiger partial charge in [-0.2, -0.15) is 0 Å². The molecule has 1 unspecified atom stereocenters. The summed E-state index contributed by atoms with van der Waals surface area (Å²) in [5.41, 5.74) is 7.39. The van der Waals surface area contributed by atoms with Crippen LogP contribution in [0.15, 0.2) is 30.3 Å². The number of ether oxygens (including phenoxy) is 1. The highest BCUT2D eigenvalue weighted by Crippen LogP contribution is 2.19. The van der Waals surface area contributed by atoms with E-state index in [1.54, 1.807) is 0 Å². The molecule has 2 aromatic rings. The van der Waals surface area contributed by atoms with Crippen LogP contribution >= 0.6 is 0 Å². The standard InChI is InChI=1S/C14H18N2O/c1-3-10(2)9-17-14-7-4-11-8-12(15)5-6-13(11)16-14/h4-8,10H,3,9,15H2,1-2H3. The Bertz CT molecular complexity index is 511. The Morgan fingerprint density at radius 1 is 1.29 bits per heavy atom. The first kappa shape index (κ1) is 11.7. The molecule has 90 valence electrons. The number of fused-ring (bicyclic) bond motifs is 1. The minimum Gasteiger partial charge on any atom is -0.477 e. The van der Waals surface area contributed by atoms with E-state index in [-0.39, 0.29) is 0 Å². The predicted molar refractivity (Wildman–Crippen MR) is 71.1 cm³/mol. The molecule has 0 bridgehead atoms. The van der Waals surface area contributed by atoms with Gasteiger partial charge < -0.3 is 10.5 Å². The zero-order valence-electron chi connectivity index (χ0n) is 10.3. The minimum atomic E-state index is 0.555. The summed E-state index contributed by atoms with van der Waals surface area (Å²) in [5.74, 6) is 1.24. The van der Waals surface area contributed by atoms with Crippen LogP contribution in [0.25, 0.3) is 10.9 Å². The zero-order valence-corrected chi connectivity index (χ0v) is 10.3. The highest BCUT2D eigenvalue weighted by atomic mass is 16.5. The van der Waals surface area contributed by atoms with Gasteiger partial charge in [-0.25, -0.2) is 4.98 Å². The Morgan fingerprint density at radius 3 is 2.88 bits per heavy atom. The molecule has 3 heteroatoms. The number of hydrogen-bond donors (Lipinski definition) is 1. The second-order valence-electron chi connectivity index (χ2n) is 4.43. The predicted octanol–water partition coefficient (Wildman–Crippen LogP) is 3.24. The van der Waals surface area contributed by atoms with Crippen LogP contribution in [0.4, 0.5) is 5.69 Å². The molecule has 0 saturated heterocycles. The second kappa shape index (κ2) is 5.04. The number of rotatable bonds is 4. The number of hydrogen-bond acceptors (Lipinski definition) is 3. The Hall–Kier alpha value is -1.77. The van der Waals surface area contributed by atoms with E-state index in [4.69, 9.17) is 10.5 Å². The molecular formula is C14H18N2O. The van der Waals surface area contributed by atoms with Crippen molar-refractivity contribution in [3.8, 4) is 5.88 Å². The summed E-state index contributed by atoms with van der Waals surface area (Å²) in [7, 11) is 0. The van der Waals surface area contributed by atoms with E-state index in [1.165, 1.54) is 0 Å². The summed E-state index contributed by atoms with van der Waals surface area (Å²) in [6, 6.07) is 9.57. The van der Waals surface area contributed by atoms with Gasteiger partial charge in [0.15, 0.2) is 0 Å². The van der Waals surface area contributed by atoms with E-state index < -0.39 is 0 Å². The topological polar surface area (TPSA) is 48.1 Å². The van der Waals surface area contributed by atoms with Crippen molar-refractivity contribution >= 4 is 16.6 Å². The summed E-state index contributed by atoms with van der Waals surface area (Å²) in [6.45, 7) is 5.04. The number of benzene rings is 1. The Kier molecular flexibility index (Phi) is 3.47. The van der Waals surface area contributed by atoms with Gasteiger partial charge in [-0.3, -0.25) is 0 Å². The van der Waals surface area contributed by atoms with E-state index in [0.717, 1.165) is 23.0 Å². The van der Waals surface area contributed by atoms with Crippen LogP contribution < -0.4 is 10.5 Å². The fourth-order valence-electron chi connectivity index (χ4n) is 1.55. The normalized spacial score (nSPS) is 12.6. The monoisotopic (exact) mass is 230 g/mol. The molecule has 2 rings (SSSR count). The van der Waals surface area contributed by atoms with Crippen molar-refractivity contribution in [2.75, 3.05) is 12.3 Å². The smallest absolute Gasteiger partial charge is 0.213 e. The molecule has 0 aliphatic carbocycles. The van der Waals surface area contributed by atoms with Crippen molar-refractivity contribution in [3.63, 3.8) is 0 Å². The van der Waals surface area contributed by atoms with Crippen molar-refractivity contribution in [1.82, 2.24) is 4.98 Å². The van der Waals surface area contributed by atoms with E-state index in [0.29, 0.717) is 18.4 Å². The van der Waals surface area contributed by atoms with Gasteiger partial charge >= 0.3 is 0 Å². The molecule has 0 spiro atoms. The lowest BCUT2D eigenvalue weighted by Crippen LogP contribution is -2.08. The fourth-order valence-corrected chi connectivity index (χ4v) is 1.55. The number of pyridine rings is 1. The first-order valence-corrected chi connectivity index (χ1v) is 5.98. The Morgan fingerprint density at radius 2 is 2.12 bits per heavy atom. The summed E-state index contributed by atoms with van der Waals surface area (Å²) >= 11 is 0. The highest BCUT2D eigenvalue weighted by molar-refractivity contribution is 5.82. The molecule has 0 amide bonds. The number of nitrogens with two attached hydrogens (primary N) is 1. The molecule has 3 nitrogen and oxygen atoms in total. The molecule has 0 aliphatic heterocycles. The zero-order chi connectivity index (χ0) is 12.3. The third-order valence-electron chi connectivity index (χ3n) is 2.90. The molecule has 0 radical (unpaired) electrons. The quantitative estimate of drug-likeness (QED) is 0.820. The van der Waals surface area contributed by atoms with Crippen LogP contribution in [-0.2, 0) is 0 Å². The average Bonchev–Trinajstić information content (AvgIpc) is 2.35. The van der Waals surface area contributed by atoms with E-state index in [9.17, 15) is 0 Å². The van der Waals surface area contributed by atoms with Crippen LogP contribution in [0.2, 0.25) is 0 Å². The molecule has 1 aromatic heterocycles. The first-order valence-electron chi connectivity index (χ1n) is 5.98. The van der Waals surface area contributed by atoms with Gasteiger partial charge in [-0.15, -0.1) is 0 Å². The maximum Gasteiger partial charge on any atom is 0.213 e. The van der Waals surface area contributed by atoms with E-state index in [2.05, 4.69) is 18.8 Å². The molecule has 1 atom stereocenters. The van der Waals surface area contributed by atoms with Crippen molar-refractivity contribution in [3.05, 3.63) is 30.3 Å². The van der Waals surface area contributed by atoms with Crippen molar-refractivity contribution in [1.29, 1.82) is 0 Å². The number of nitrogens with zero attached hydrogens (tertiary/aromatic N) is 1. The largest absolute Gasteiger partial charge is 0.477 e. The van der Waals surface area contributed by atoms with Crippen LogP contribution in [0.3, 0.4) is 0 Å². The molecule has 2 N–H and O–H groups in total. The van der Waals surface area contributed by atoms with Gasteiger partial charge in [0.2, 0.25) is 5.88 Å². The van der Waals surface area contributed by atoms with Crippen LogP contribution in [-0.4, -0.2) is 11.6 Å². The third kappa shape index (κ3) is 2.87. The van der Waals surface area contributed by atoms with E-state index in [1.807, 2.05) is 30.3 Å². The first-order chi connectivity index (χ1) is 8.19. The number of anilines is 1. The lowest BCUT2D eigenvalue weighted by atomic mass is 10.1. The molecular weight excluding hydrogens is 212 g/mol. The maximum absolute atomic E-state index is 5.72. The molecule has 17 heavy (non-hydrogen) atoms. The molecule has 1 heterocycles. The van der Waals surface area contributed by atoms with Crippen molar-refractivity contribution in [2.45, 2.75) is 20.3 Å². The van der Waals surface area contributed by atoms with Gasteiger partial charge in [0.25, 0.3) is 0 Å². The third-order valence-corrected chi connectivity index (χ3v) is 2.90. The van der Waals surface area contributed by atoms with Gasteiger partial charge in [0.05, 0.1) is 12.1 Å². The van der Waals surface area contributed by atoms with Crippen LogP contribution in [0.1, 0.15) is 20.3 Å². The minimum absolute atomic E-state index is 0.555. The fraction of sp³-hybridized carbons (Fsp3) is 0.357. The van der Waals surface area contributed by atoms with Crippen molar-refractivity contribution in [2.24, 2.45) is 5.92 Å². The molecule has 0 fully saturated rings. The lowest BCUT2D eigenvalue weighted by Gasteiger charge is -2.10. The summed E-state index contributed by atoms with van der Waals surface area (Å²) < 4.78 is 5.65. The van der Waals surface area contributed by atoms with Gasteiger partial charge in [-0.1, -0.05) is 20.3 Å². The van der Waals surface area contributed by atoms with Gasteiger partial charge in [-0.05, 0) is 30.2 Å².